The third kappa shape index (κ3) is 2.21. The Hall–Kier alpha value is -1.84. The van der Waals surface area contributed by atoms with E-state index >= 15 is 0 Å². The highest BCUT2D eigenvalue weighted by Gasteiger charge is 2.18. The van der Waals surface area contributed by atoms with Gasteiger partial charge in [-0.1, -0.05) is 0 Å². The Labute approximate surface area is 93.9 Å². The van der Waals surface area contributed by atoms with Crippen molar-refractivity contribution in [2.24, 2.45) is 0 Å². The minimum atomic E-state index is -0.469. The maximum atomic E-state index is 11.8. The van der Waals surface area contributed by atoms with E-state index in [1.807, 2.05) is 25.2 Å². The van der Waals surface area contributed by atoms with Crippen LogP contribution in [0.25, 0.3) is 5.52 Å². The van der Waals surface area contributed by atoms with E-state index in [2.05, 4.69) is 4.98 Å². The summed E-state index contributed by atoms with van der Waals surface area (Å²) in [7, 11) is 0. The van der Waals surface area contributed by atoms with Crippen molar-refractivity contribution in [2.45, 2.75) is 26.4 Å². The first-order valence-corrected chi connectivity index (χ1v) is 5.11. The lowest BCUT2D eigenvalue weighted by Gasteiger charge is -2.18. The standard InChI is InChI=1S/C12H14N2O2/c1-12(2,3)16-11(15)9-6-10-7-13-4-5-14(10)8-9/h4-8H,1-3H3. The number of fused-ring (bicyclic) bond motifs is 1. The summed E-state index contributed by atoms with van der Waals surface area (Å²) in [6, 6.07) is 1.76. The van der Waals surface area contributed by atoms with E-state index in [-0.39, 0.29) is 5.97 Å². The molecular weight excluding hydrogens is 204 g/mol. The van der Waals surface area contributed by atoms with Crippen LogP contribution in [0.3, 0.4) is 0 Å². The zero-order valence-electron chi connectivity index (χ0n) is 9.60. The number of esters is 1. The van der Waals surface area contributed by atoms with Crippen LogP contribution in [0.5, 0.6) is 0 Å². The molecule has 0 radical (unpaired) electrons. The predicted molar refractivity (Wildman–Crippen MR) is 60.4 cm³/mol. The van der Waals surface area contributed by atoms with Gasteiger partial charge in [0.25, 0.3) is 0 Å². The number of ether oxygens (including phenoxy) is 1. The zero-order chi connectivity index (χ0) is 11.8. The summed E-state index contributed by atoms with van der Waals surface area (Å²) in [5.74, 6) is -0.309. The molecule has 0 atom stereocenters. The third-order valence-electron chi connectivity index (χ3n) is 2.03. The Morgan fingerprint density at radius 1 is 1.44 bits per heavy atom. The number of carbonyl (C=O) groups excluding carboxylic acids is 1. The first-order valence-electron chi connectivity index (χ1n) is 5.11. The molecule has 0 saturated carbocycles. The number of aromatic nitrogens is 2. The molecule has 0 bridgehead atoms. The Morgan fingerprint density at radius 3 is 2.81 bits per heavy atom. The lowest BCUT2D eigenvalue weighted by atomic mass is 10.2. The molecule has 0 aliphatic heterocycles. The van der Waals surface area contributed by atoms with Gasteiger partial charge < -0.3 is 9.14 Å². The second-order valence-corrected chi connectivity index (χ2v) is 4.64. The molecule has 4 nitrogen and oxygen atoms in total. The second-order valence-electron chi connectivity index (χ2n) is 4.64. The highest BCUT2D eigenvalue weighted by molar-refractivity contribution is 5.91. The average Bonchev–Trinajstić information content (AvgIpc) is 2.58. The largest absolute Gasteiger partial charge is 0.456 e. The van der Waals surface area contributed by atoms with Crippen LogP contribution in [-0.4, -0.2) is 21.0 Å². The van der Waals surface area contributed by atoms with E-state index in [9.17, 15) is 4.79 Å². The number of hydrogen-bond donors (Lipinski definition) is 0. The van der Waals surface area contributed by atoms with Crippen LogP contribution in [0.4, 0.5) is 0 Å². The first kappa shape index (κ1) is 10.7. The molecular formula is C12H14N2O2. The minimum absolute atomic E-state index is 0.309. The molecule has 2 rings (SSSR count). The summed E-state index contributed by atoms with van der Waals surface area (Å²) in [5, 5.41) is 0. The topological polar surface area (TPSA) is 43.6 Å². The minimum Gasteiger partial charge on any atom is -0.456 e. The summed E-state index contributed by atoms with van der Waals surface area (Å²) in [4.78, 5) is 15.8. The maximum Gasteiger partial charge on any atom is 0.340 e. The van der Waals surface area contributed by atoms with Gasteiger partial charge in [0.1, 0.15) is 5.60 Å². The average molecular weight is 218 g/mol. The zero-order valence-corrected chi connectivity index (χ0v) is 9.60. The number of carbonyl (C=O) groups is 1. The van der Waals surface area contributed by atoms with E-state index in [1.165, 1.54) is 0 Å². The Bertz CT molecular complexity index is 490. The van der Waals surface area contributed by atoms with E-state index in [1.54, 1.807) is 30.9 Å². The lowest BCUT2D eigenvalue weighted by molar-refractivity contribution is 0.00697. The van der Waals surface area contributed by atoms with Crippen molar-refractivity contribution in [1.29, 1.82) is 0 Å². The van der Waals surface area contributed by atoms with E-state index in [0.717, 1.165) is 5.52 Å². The molecule has 0 unspecified atom stereocenters. The fourth-order valence-electron chi connectivity index (χ4n) is 1.41. The van der Waals surface area contributed by atoms with Gasteiger partial charge in [0.2, 0.25) is 0 Å². The monoisotopic (exact) mass is 218 g/mol. The molecule has 2 heterocycles. The van der Waals surface area contributed by atoms with Gasteiger partial charge in [0.05, 0.1) is 17.3 Å². The normalized spacial score (nSPS) is 11.7. The van der Waals surface area contributed by atoms with Crippen molar-refractivity contribution >= 4 is 11.5 Å². The van der Waals surface area contributed by atoms with E-state index in [0.29, 0.717) is 5.56 Å². The predicted octanol–water partition coefficient (Wildman–Crippen LogP) is 2.29. The summed E-state index contributed by atoms with van der Waals surface area (Å²) in [6.45, 7) is 5.55. The number of hydrogen-bond acceptors (Lipinski definition) is 3. The molecule has 84 valence electrons. The van der Waals surface area contributed by atoms with Crippen LogP contribution in [0.2, 0.25) is 0 Å². The lowest BCUT2D eigenvalue weighted by Crippen LogP contribution is -2.23. The number of rotatable bonds is 1. The SMILES string of the molecule is CC(C)(C)OC(=O)c1cc2cnccn2c1. The molecule has 0 aliphatic rings. The van der Waals surface area contributed by atoms with E-state index in [4.69, 9.17) is 4.74 Å². The van der Waals surface area contributed by atoms with Crippen LogP contribution in [0.1, 0.15) is 31.1 Å². The molecule has 0 aromatic carbocycles. The van der Waals surface area contributed by atoms with Gasteiger partial charge in [0.15, 0.2) is 0 Å². The van der Waals surface area contributed by atoms with Crippen molar-refractivity contribution in [2.75, 3.05) is 0 Å². The Balaban J connectivity index is 2.30. The molecule has 16 heavy (non-hydrogen) atoms. The molecule has 0 aliphatic carbocycles. The van der Waals surface area contributed by atoms with Crippen LogP contribution in [0.15, 0.2) is 30.9 Å². The second kappa shape index (κ2) is 3.63. The van der Waals surface area contributed by atoms with Crippen LogP contribution in [0, 0.1) is 0 Å². The Kier molecular flexibility index (Phi) is 2.42. The highest BCUT2D eigenvalue weighted by atomic mass is 16.6. The maximum absolute atomic E-state index is 11.8. The fourth-order valence-corrected chi connectivity index (χ4v) is 1.41. The van der Waals surface area contributed by atoms with Crippen molar-refractivity contribution in [1.82, 2.24) is 9.38 Å². The quantitative estimate of drug-likeness (QED) is 0.690. The van der Waals surface area contributed by atoms with Crippen LogP contribution >= 0.6 is 0 Å². The number of nitrogens with zero attached hydrogens (tertiary/aromatic N) is 2. The summed E-state index contributed by atoms with van der Waals surface area (Å²) in [5.41, 5.74) is 0.954. The molecule has 0 spiro atoms. The van der Waals surface area contributed by atoms with Gasteiger partial charge in [-0.05, 0) is 26.8 Å². The molecule has 0 saturated heterocycles. The highest BCUT2D eigenvalue weighted by Crippen LogP contribution is 2.14. The van der Waals surface area contributed by atoms with Gasteiger partial charge in [-0.2, -0.15) is 0 Å². The van der Waals surface area contributed by atoms with Gasteiger partial charge in [0, 0.05) is 18.6 Å². The summed E-state index contributed by atoms with van der Waals surface area (Å²) >= 11 is 0. The van der Waals surface area contributed by atoms with E-state index < -0.39 is 5.60 Å². The van der Waals surface area contributed by atoms with Crippen LogP contribution < -0.4 is 0 Å². The van der Waals surface area contributed by atoms with Crippen molar-refractivity contribution in [3.63, 3.8) is 0 Å². The van der Waals surface area contributed by atoms with Gasteiger partial charge in [-0.15, -0.1) is 0 Å². The van der Waals surface area contributed by atoms with Gasteiger partial charge in [-0.3, -0.25) is 4.98 Å². The smallest absolute Gasteiger partial charge is 0.340 e. The first-order chi connectivity index (χ1) is 7.46. The Morgan fingerprint density at radius 2 is 2.19 bits per heavy atom. The molecule has 2 aromatic rings. The van der Waals surface area contributed by atoms with Crippen LogP contribution in [-0.2, 0) is 4.74 Å². The fraction of sp³-hybridized carbons (Fsp3) is 0.333. The van der Waals surface area contributed by atoms with Crippen molar-refractivity contribution in [3.05, 3.63) is 36.4 Å². The molecule has 4 heteroatoms. The van der Waals surface area contributed by atoms with Crippen molar-refractivity contribution in [3.8, 4) is 0 Å². The van der Waals surface area contributed by atoms with Gasteiger partial charge in [-0.25, -0.2) is 4.79 Å². The molecule has 2 aromatic heterocycles. The summed E-state index contributed by atoms with van der Waals surface area (Å²) in [6.07, 6.45) is 6.91. The summed E-state index contributed by atoms with van der Waals surface area (Å²) < 4.78 is 7.12. The van der Waals surface area contributed by atoms with Crippen molar-refractivity contribution < 1.29 is 9.53 Å². The molecule has 0 amide bonds. The molecule has 0 N–H and O–H groups in total. The third-order valence-corrected chi connectivity index (χ3v) is 2.03. The molecule has 0 fully saturated rings. The van der Waals surface area contributed by atoms with Gasteiger partial charge >= 0.3 is 5.97 Å².